The first-order chi connectivity index (χ1) is 17.8. The van der Waals surface area contributed by atoms with Gasteiger partial charge in [0.05, 0.1) is 10.4 Å². The Morgan fingerprint density at radius 2 is 1.62 bits per heavy atom. The van der Waals surface area contributed by atoms with Crippen molar-refractivity contribution in [3.63, 3.8) is 0 Å². The van der Waals surface area contributed by atoms with Crippen LogP contribution in [0.5, 0.6) is 11.5 Å². The zero-order valence-corrected chi connectivity index (χ0v) is 21.1. The summed E-state index contributed by atoms with van der Waals surface area (Å²) in [6.07, 6.45) is 0.468. The summed E-state index contributed by atoms with van der Waals surface area (Å²) >= 11 is 0. The molecule has 0 saturated carbocycles. The first-order valence-electron chi connectivity index (χ1n) is 11.9. The number of rotatable bonds is 8. The molecule has 9 heteroatoms. The average Bonchev–Trinajstić information content (AvgIpc) is 2.90. The molecule has 8 nitrogen and oxygen atoms in total. The number of benzene rings is 3. The van der Waals surface area contributed by atoms with Crippen LogP contribution in [0.25, 0.3) is 10.9 Å². The smallest absolute Gasteiger partial charge is 0.252 e. The molecule has 0 atom stereocenters. The molecule has 1 aliphatic rings. The molecule has 0 radical (unpaired) electrons. The maximum absolute atomic E-state index is 13.7. The van der Waals surface area contributed by atoms with Crippen LogP contribution in [-0.2, 0) is 23.0 Å². The van der Waals surface area contributed by atoms with Crippen molar-refractivity contribution in [1.82, 2.24) is 9.29 Å². The first-order valence-corrected chi connectivity index (χ1v) is 13.4. The molecule has 4 aromatic rings. The van der Waals surface area contributed by atoms with E-state index in [1.165, 1.54) is 35.5 Å². The minimum Gasteiger partial charge on any atom is -0.486 e. The van der Waals surface area contributed by atoms with E-state index in [9.17, 15) is 18.0 Å². The van der Waals surface area contributed by atoms with Gasteiger partial charge in [-0.05, 0) is 43.2 Å². The topological polar surface area (TPSA) is 106 Å². The molecule has 0 bridgehead atoms. The number of carbonyl (C=O) groups excluding carboxylic acids is 1. The third kappa shape index (κ3) is 5.28. The summed E-state index contributed by atoms with van der Waals surface area (Å²) in [6.45, 7) is 2.34. The lowest BCUT2D eigenvalue weighted by atomic mass is 10.1. The van der Waals surface area contributed by atoms with Gasteiger partial charge in [-0.2, -0.15) is 4.31 Å². The third-order valence-corrected chi connectivity index (χ3v) is 8.18. The first kappa shape index (κ1) is 24.7. The second kappa shape index (κ2) is 10.2. The van der Waals surface area contributed by atoms with Crippen LogP contribution in [0.4, 0.5) is 0 Å². The number of ether oxygens (including phenoxy) is 2. The summed E-state index contributed by atoms with van der Waals surface area (Å²) in [6, 6.07) is 20.6. The van der Waals surface area contributed by atoms with Crippen LogP contribution in [0, 0.1) is 0 Å². The van der Waals surface area contributed by atoms with E-state index in [0.29, 0.717) is 53.2 Å². The summed E-state index contributed by atoms with van der Waals surface area (Å²) in [5.41, 5.74) is 1.91. The Morgan fingerprint density at radius 3 is 2.30 bits per heavy atom. The van der Waals surface area contributed by atoms with Crippen molar-refractivity contribution in [2.75, 3.05) is 19.8 Å². The monoisotopic (exact) mass is 518 g/mol. The van der Waals surface area contributed by atoms with E-state index in [4.69, 9.17) is 9.47 Å². The molecule has 0 spiro atoms. The summed E-state index contributed by atoms with van der Waals surface area (Å²) in [5.74, 6) is 0.989. The van der Waals surface area contributed by atoms with E-state index < -0.39 is 10.0 Å². The number of sulfonamides is 1. The molecule has 37 heavy (non-hydrogen) atoms. The molecular formula is C28H26N2O6S. The van der Waals surface area contributed by atoms with Crippen molar-refractivity contribution >= 4 is 26.7 Å². The Bertz CT molecular complexity index is 1610. The number of aromatic amines is 1. The molecule has 3 aromatic carbocycles. The van der Waals surface area contributed by atoms with Crippen LogP contribution < -0.4 is 15.0 Å². The van der Waals surface area contributed by atoms with Gasteiger partial charge >= 0.3 is 0 Å². The molecule has 0 saturated heterocycles. The number of hydrogen-bond donors (Lipinski definition) is 1. The zero-order valence-electron chi connectivity index (χ0n) is 20.3. The minimum atomic E-state index is -3.97. The minimum absolute atomic E-state index is 0.0578. The molecule has 1 aliphatic heterocycles. The number of carbonyl (C=O) groups is 1. The van der Waals surface area contributed by atoms with Crippen molar-refractivity contribution in [3.05, 3.63) is 99.8 Å². The fourth-order valence-electron chi connectivity index (χ4n) is 4.29. The van der Waals surface area contributed by atoms with Gasteiger partial charge in [0.25, 0.3) is 5.56 Å². The highest BCUT2D eigenvalue weighted by Gasteiger charge is 2.26. The van der Waals surface area contributed by atoms with Crippen LogP contribution in [0.15, 0.2) is 82.5 Å². The Hall–Kier alpha value is -3.95. The van der Waals surface area contributed by atoms with Gasteiger partial charge in [0.1, 0.15) is 13.2 Å². The summed E-state index contributed by atoms with van der Waals surface area (Å²) in [5, 5.41) is 0.713. The maximum atomic E-state index is 13.7. The highest BCUT2D eigenvalue weighted by molar-refractivity contribution is 7.89. The van der Waals surface area contributed by atoms with Crippen LogP contribution in [0.3, 0.4) is 0 Å². The summed E-state index contributed by atoms with van der Waals surface area (Å²) in [7, 11) is -3.97. The lowest BCUT2D eigenvalue weighted by Crippen LogP contribution is -2.34. The van der Waals surface area contributed by atoms with Crippen LogP contribution in [0.2, 0.25) is 0 Å². The molecule has 0 unspecified atom stereocenters. The van der Waals surface area contributed by atoms with Crippen LogP contribution in [0.1, 0.15) is 28.4 Å². The Balaban J connectivity index is 1.51. The number of H-pyrrole nitrogens is 1. The average molecular weight is 519 g/mol. The van der Waals surface area contributed by atoms with Gasteiger partial charge in [-0.25, -0.2) is 8.42 Å². The van der Waals surface area contributed by atoms with Crippen molar-refractivity contribution in [2.24, 2.45) is 0 Å². The van der Waals surface area contributed by atoms with E-state index in [1.54, 1.807) is 18.2 Å². The Kier molecular flexibility index (Phi) is 6.82. The highest BCUT2D eigenvalue weighted by atomic mass is 32.2. The number of aromatic nitrogens is 1. The lowest BCUT2D eigenvalue weighted by Gasteiger charge is -2.23. The molecule has 0 fully saturated rings. The van der Waals surface area contributed by atoms with Crippen molar-refractivity contribution in [1.29, 1.82) is 0 Å². The van der Waals surface area contributed by atoms with E-state index in [0.717, 1.165) is 5.56 Å². The number of Topliss-reactive ketones (excluding diaryl/α,β-unsaturated/α-hetero) is 1. The van der Waals surface area contributed by atoms with E-state index in [1.807, 2.05) is 30.3 Å². The maximum Gasteiger partial charge on any atom is 0.252 e. The van der Waals surface area contributed by atoms with Crippen molar-refractivity contribution in [2.45, 2.75) is 24.8 Å². The quantitative estimate of drug-likeness (QED) is 0.354. The molecule has 1 N–H and O–H groups in total. The lowest BCUT2D eigenvalue weighted by molar-refractivity contribution is 0.101. The normalized spacial score (nSPS) is 13.1. The van der Waals surface area contributed by atoms with Gasteiger partial charge in [-0.3, -0.25) is 9.59 Å². The third-order valence-electron chi connectivity index (χ3n) is 6.32. The van der Waals surface area contributed by atoms with Crippen molar-refractivity contribution < 1.29 is 22.7 Å². The highest BCUT2D eigenvalue weighted by Crippen LogP contribution is 2.34. The second-order valence-corrected chi connectivity index (χ2v) is 10.8. The second-order valence-electron chi connectivity index (χ2n) is 8.86. The van der Waals surface area contributed by atoms with Gasteiger partial charge in [0, 0.05) is 35.7 Å². The molecule has 190 valence electrons. The van der Waals surface area contributed by atoms with Gasteiger partial charge < -0.3 is 14.5 Å². The van der Waals surface area contributed by atoms with Crippen molar-refractivity contribution in [3.8, 4) is 11.5 Å². The number of nitrogens with zero attached hydrogens (tertiary/aromatic N) is 1. The van der Waals surface area contributed by atoms with Gasteiger partial charge in [-0.1, -0.05) is 42.5 Å². The molecule has 2 heterocycles. The SMILES string of the molecule is CC(=O)c1ccc(S(=O)(=O)N(CCc2ccccc2)Cc2cc3cc4c(cc3[nH]c2=O)OCCO4)cc1. The fraction of sp³-hybridized carbons (Fsp3) is 0.214. The number of hydrogen-bond acceptors (Lipinski definition) is 6. The fourth-order valence-corrected chi connectivity index (χ4v) is 5.71. The van der Waals surface area contributed by atoms with E-state index in [2.05, 4.69) is 4.98 Å². The Morgan fingerprint density at radius 1 is 0.946 bits per heavy atom. The zero-order chi connectivity index (χ0) is 26.0. The van der Waals surface area contributed by atoms with E-state index in [-0.39, 0.29) is 29.3 Å². The van der Waals surface area contributed by atoms with Gasteiger partial charge in [0.2, 0.25) is 10.0 Å². The predicted octanol–water partition coefficient (Wildman–Crippen LogP) is 3.94. The van der Waals surface area contributed by atoms with Crippen LogP contribution in [-0.4, -0.2) is 43.2 Å². The molecule has 5 rings (SSSR count). The largest absolute Gasteiger partial charge is 0.486 e. The molecule has 0 aliphatic carbocycles. The standard InChI is InChI=1S/C28H26N2O6S/c1-19(31)21-7-9-24(10-8-21)37(33,34)30(12-11-20-5-3-2-4-6-20)18-23-15-22-16-26-27(36-14-13-35-26)17-25(22)29-28(23)32/h2-10,15-17H,11-14,18H2,1H3,(H,29,32). The Labute approximate surface area is 214 Å². The predicted molar refractivity (Wildman–Crippen MR) is 140 cm³/mol. The van der Waals surface area contributed by atoms with Gasteiger partial charge in [0.15, 0.2) is 17.3 Å². The van der Waals surface area contributed by atoms with Crippen LogP contribution >= 0.6 is 0 Å². The molecular weight excluding hydrogens is 492 g/mol. The summed E-state index contributed by atoms with van der Waals surface area (Å²) in [4.78, 5) is 27.6. The number of nitrogens with one attached hydrogen (secondary N) is 1. The summed E-state index contributed by atoms with van der Waals surface area (Å²) < 4.78 is 40.0. The number of fused-ring (bicyclic) bond motifs is 2. The molecule has 0 amide bonds. The van der Waals surface area contributed by atoms with Gasteiger partial charge in [-0.15, -0.1) is 0 Å². The molecule has 1 aromatic heterocycles. The number of ketones is 1. The van der Waals surface area contributed by atoms with E-state index >= 15 is 0 Å². The number of pyridine rings is 1.